The molecule has 1 saturated carbocycles. The van der Waals surface area contributed by atoms with Crippen LogP contribution in [0, 0.1) is 10.8 Å². The van der Waals surface area contributed by atoms with Gasteiger partial charge in [0.2, 0.25) is 0 Å². The second-order valence-electron chi connectivity index (χ2n) is 9.61. The molecule has 0 atom stereocenters. The minimum Gasteiger partial charge on any atom is -0.369 e. The Kier molecular flexibility index (Phi) is 5.48. The van der Waals surface area contributed by atoms with Crippen LogP contribution in [0.2, 0.25) is 0 Å². The van der Waals surface area contributed by atoms with E-state index in [2.05, 4.69) is 68.7 Å². The first-order valence-electron chi connectivity index (χ1n) is 10.4. The fourth-order valence-electron chi connectivity index (χ4n) is 4.79. The number of hydrogen-bond donors (Lipinski definition) is 0. The van der Waals surface area contributed by atoms with Gasteiger partial charge in [-0.15, -0.1) is 0 Å². The van der Waals surface area contributed by atoms with Crippen LogP contribution in [0.3, 0.4) is 0 Å². The quantitative estimate of drug-likeness (QED) is 0.693. The highest BCUT2D eigenvalue weighted by molar-refractivity contribution is 5.56. The van der Waals surface area contributed by atoms with Gasteiger partial charge in [-0.25, -0.2) is 0 Å². The van der Waals surface area contributed by atoms with Crippen LogP contribution < -0.4 is 4.90 Å². The van der Waals surface area contributed by atoms with E-state index >= 15 is 0 Å². The lowest BCUT2D eigenvalue weighted by Gasteiger charge is -2.37. The first-order valence-corrected chi connectivity index (χ1v) is 10.4. The maximum Gasteiger partial charge on any atom is 0.0402 e. The van der Waals surface area contributed by atoms with Gasteiger partial charge in [-0.2, -0.15) is 0 Å². The fourth-order valence-corrected chi connectivity index (χ4v) is 4.79. The van der Waals surface area contributed by atoms with Gasteiger partial charge in [-0.3, -0.25) is 4.90 Å². The standard InChI is InChI=1S/C23H38N2/c1-6-7-12-24-13-15-25(16-14-24)21-11-9-8-10-20(21)19-17-22(2,3)23(4,5)18-19/h8-11,19H,6-7,12-18H2,1-5H3. The van der Waals surface area contributed by atoms with Gasteiger partial charge in [-0.1, -0.05) is 59.2 Å². The van der Waals surface area contributed by atoms with Crippen LogP contribution in [0.15, 0.2) is 24.3 Å². The fraction of sp³-hybridized carbons (Fsp3) is 0.739. The predicted octanol–water partition coefficient (Wildman–Crippen LogP) is 5.54. The highest BCUT2D eigenvalue weighted by Crippen LogP contribution is 2.58. The van der Waals surface area contributed by atoms with Crippen molar-refractivity contribution in [2.75, 3.05) is 37.6 Å². The Balaban J connectivity index is 1.73. The zero-order valence-corrected chi connectivity index (χ0v) is 17.1. The van der Waals surface area contributed by atoms with Gasteiger partial charge in [0.25, 0.3) is 0 Å². The molecule has 0 radical (unpaired) electrons. The third-order valence-electron chi connectivity index (χ3n) is 7.26. The van der Waals surface area contributed by atoms with Crippen molar-refractivity contribution >= 4 is 5.69 Å². The summed E-state index contributed by atoms with van der Waals surface area (Å²) in [5.41, 5.74) is 3.95. The Hall–Kier alpha value is -1.02. The van der Waals surface area contributed by atoms with Crippen molar-refractivity contribution in [3.63, 3.8) is 0 Å². The summed E-state index contributed by atoms with van der Waals surface area (Å²) < 4.78 is 0. The van der Waals surface area contributed by atoms with E-state index in [4.69, 9.17) is 0 Å². The monoisotopic (exact) mass is 342 g/mol. The topological polar surface area (TPSA) is 6.48 Å². The SMILES string of the molecule is CCCCN1CCN(c2ccccc2C2CC(C)(C)C(C)(C)C2)CC1. The average molecular weight is 343 g/mol. The van der Waals surface area contributed by atoms with Crippen LogP contribution in [0.1, 0.15) is 71.8 Å². The first kappa shape index (κ1) is 18.8. The van der Waals surface area contributed by atoms with E-state index in [1.807, 2.05) is 0 Å². The van der Waals surface area contributed by atoms with Gasteiger partial charge in [-0.05, 0) is 54.2 Å². The number of para-hydroxylation sites is 1. The molecule has 2 nitrogen and oxygen atoms in total. The Labute approximate surface area is 155 Å². The van der Waals surface area contributed by atoms with E-state index in [9.17, 15) is 0 Å². The lowest BCUT2D eigenvalue weighted by Crippen LogP contribution is -2.47. The van der Waals surface area contributed by atoms with E-state index in [0.717, 1.165) is 0 Å². The molecule has 1 aromatic rings. The van der Waals surface area contributed by atoms with Gasteiger partial charge in [0.1, 0.15) is 0 Å². The summed E-state index contributed by atoms with van der Waals surface area (Å²) in [6.45, 7) is 18.2. The van der Waals surface area contributed by atoms with Gasteiger partial charge in [0, 0.05) is 31.9 Å². The Morgan fingerprint density at radius 3 is 2.12 bits per heavy atom. The van der Waals surface area contributed by atoms with Crippen molar-refractivity contribution < 1.29 is 0 Å². The van der Waals surface area contributed by atoms with Crippen LogP contribution in [-0.4, -0.2) is 37.6 Å². The molecule has 3 rings (SSSR count). The molecule has 1 aromatic carbocycles. The molecular weight excluding hydrogens is 304 g/mol. The van der Waals surface area contributed by atoms with E-state index in [1.54, 1.807) is 5.56 Å². The highest BCUT2D eigenvalue weighted by atomic mass is 15.3. The number of nitrogens with zero attached hydrogens (tertiary/aromatic N) is 2. The molecule has 1 aliphatic carbocycles. The van der Waals surface area contributed by atoms with Crippen LogP contribution in [0.4, 0.5) is 5.69 Å². The average Bonchev–Trinajstić information content (AvgIpc) is 2.81. The smallest absolute Gasteiger partial charge is 0.0402 e. The normalized spacial score (nSPS) is 24.0. The molecule has 2 aliphatic rings. The third-order valence-corrected chi connectivity index (χ3v) is 7.26. The van der Waals surface area contributed by atoms with Crippen molar-refractivity contribution in [3.05, 3.63) is 29.8 Å². The van der Waals surface area contributed by atoms with Crippen LogP contribution >= 0.6 is 0 Å². The van der Waals surface area contributed by atoms with Crippen LogP contribution in [0.25, 0.3) is 0 Å². The summed E-state index contributed by atoms with van der Waals surface area (Å²) in [4.78, 5) is 5.29. The zero-order chi connectivity index (χ0) is 18.1. The summed E-state index contributed by atoms with van der Waals surface area (Å²) in [7, 11) is 0. The molecule has 1 aliphatic heterocycles. The van der Waals surface area contributed by atoms with E-state index in [-0.39, 0.29) is 0 Å². The maximum absolute atomic E-state index is 2.65. The third kappa shape index (κ3) is 3.89. The van der Waals surface area contributed by atoms with Gasteiger partial charge < -0.3 is 4.90 Å². The lowest BCUT2D eigenvalue weighted by molar-refractivity contribution is 0.157. The predicted molar refractivity (Wildman–Crippen MR) is 110 cm³/mol. The number of anilines is 1. The summed E-state index contributed by atoms with van der Waals surface area (Å²) in [6, 6.07) is 9.25. The van der Waals surface area contributed by atoms with E-state index in [1.165, 1.54) is 64.1 Å². The van der Waals surface area contributed by atoms with Crippen molar-refractivity contribution in [2.24, 2.45) is 10.8 Å². The molecule has 2 fully saturated rings. The van der Waals surface area contributed by atoms with Crippen molar-refractivity contribution in [1.82, 2.24) is 4.90 Å². The summed E-state index contributed by atoms with van der Waals surface area (Å²) in [6.07, 6.45) is 5.26. The molecule has 0 unspecified atom stereocenters. The van der Waals surface area contributed by atoms with Crippen LogP contribution in [-0.2, 0) is 0 Å². The second-order valence-corrected chi connectivity index (χ2v) is 9.61. The Morgan fingerprint density at radius 1 is 0.920 bits per heavy atom. The Morgan fingerprint density at radius 2 is 1.52 bits per heavy atom. The molecule has 1 heterocycles. The molecular formula is C23H38N2. The van der Waals surface area contributed by atoms with E-state index < -0.39 is 0 Å². The highest BCUT2D eigenvalue weighted by Gasteiger charge is 2.47. The number of rotatable bonds is 5. The number of piperazine rings is 1. The molecule has 0 spiro atoms. The molecule has 0 amide bonds. The van der Waals surface area contributed by atoms with Crippen molar-refractivity contribution in [1.29, 1.82) is 0 Å². The lowest BCUT2D eigenvalue weighted by atomic mass is 9.71. The second kappa shape index (κ2) is 7.31. The summed E-state index contributed by atoms with van der Waals surface area (Å²) in [5, 5.41) is 0. The van der Waals surface area contributed by atoms with Gasteiger partial charge in [0.05, 0.1) is 0 Å². The number of benzene rings is 1. The number of hydrogen-bond acceptors (Lipinski definition) is 2. The molecule has 0 bridgehead atoms. The largest absolute Gasteiger partial charge is 0.369 e. The molecule has 1 saturated heterocycles. The molecule has 25 heavy (non-hydrogen) atoms. The van der Waals surface area contributed by atoms with Gasteiger partial charge >= 0.3 is 0 Å². The van der Waals surface area contributed by atoms with E-state index in [0.29, 0.717) is 16.7 Å². The molecule has 140 valence electrons. The minimum absolute atomic E-state index is 0.420. The van der Waals surface area contributed by atoms with Gasteiger partial charge in [0.15, 0.2) is 0 Å². The molecule has 0 aromatic heterocycles. The Bertz CT molecular complexity index is 551. The number of unbranched alkanes of at least 4 members (excludes halogenated alkanes) is 1. The summed E-state index contributed by atoms with van der Waals surface area (Å²) >= 11 is 0. The molecule has 2 heteroatoms. The maximum atomic E-state index is 2.65. The summed E-state index contributed by atoms with van der Waals surface area (Å²) in [5.74, 6) is 0.708. The minimum atomic E-state index is 0.420. The zero-order valence-electron chi connectivity index (χ0n) is 17.1. The van der Waals surface area contributed by atoms with Crippen molar-refractivity contribution in [2.45, 2.75) is 66.2 Å². The van der Waals surface area contributed by atoms with Crippen LogP contribution in [0.5, 0.6) is 0 Å². The van der Waals surface area contributed by atoms with Crippen molar-refractivity contribution in [3.8, 4) is 0 Å². The first-order chi connectivity index (χ1) is 11.8. The molecule has 0 N–H and O–H groups in total.